The van der Waals surface area contributed by atoms with Crippen LogP contribution in [0, 0.1) is 18.6 Å². The average molecular weight is 1250 g/mol. The standard InChI is InChI=1S/C23H22N2O5S.C22H21NO4S.C21H17F2NO4S/c1-16(26)24-19-12-14-20(15-13-19)31(29,30)25-22-9-5-3-7-18(22)11-10-17-6-2-4-8-21(17)23(27)28;1-16-10-14-19(15-11-16)28(26,27)23-21-9-5-3-7-18(21)13-12-17-6-2-4-8-20(17)22(24)25;22-16-11-12-20(18(23)13-16)29(27,28)24-19-8-4-2-6-15(19)10-9-14-5-1-3-7-17(14)21(25)26/h2-9,12-15,25H,10-11H2,1H3,(H,24,26)(H,27,28);2-11,14-15,23H,12-13H2,1H3,(H,24,25);1-8,11-13,24H,9-10H2,(H,25,26). The predicted molar refractivity (Wildman–Crippen MR) is 332 cm³/mol. The van der Waals surface area contributed by atoms with E-state index in [2.05, 4.69) is 19.5 Å². The van der Waals surface area contributed by atoms with Gasteiger partial charge in [0, 0.05) is 18.7 Å². The van der Waals surface area contributed by atoms with Gasteiger partial charge in [-0.1, -0.05) is 127 Å². The molecule has 9 rings (SSSR count). The summed E-state index contributed by atoms with van der Waals surface area (Å²) in [5.74, 6) is -5.31. The molecule has 17 nitrogen and oxygen atoms in total. The highest BCUT2D eigenvalue weighted by Crippen LogP contribution is 2.28. The number of halogens is 2. The number of carboxylic acid groups (broad SMARTS) is 3. The van der Waals surface area contributed by atoms with Gasteiger partial charge in [0.2, 0.25) is 5.91 Å². The fourth-order valence-corrected chi connectivity index (χ4v) is 12.5. The summed E-state index contributed by atoms with van der Waals surface area (Å²) in [7, 11) is -11.8. The molecule has 454 valence electrons. The molecule has 22 heteroatoms. The number of carboxylic acids is 3. The van der Waals surface area contributed by atoms with Gasteiger partial charge in [-0.05, 0) is 164 Å². The lowest BCUT2D eigenvalue weighted by molar-refractivity contribution is -0.114. The van der Waals surface area contributed by atoms with Crippen LogP contribution in [0.4, 0.5) is 31.5 Å². The largest absolute Gasteiger partial charge is 0.478 e. The number of amides is 1. The van der Waals surface area contributed by atoms with Crippen molar-refractivity contribution >= 4 is 76.6 Å². The fourth-order valence-electron chi connectivity index (χ4n) is 9.10. The lowest BCUT2D eigenvalue weighted by atomic mass is 9.99. The number of aromatic carboxylic acids is 3. The van der Waals surface area contributed by atoms with E-state index in [0.29, 0.717) is 83.9 Å². The molecule has 0 aliphatic heterocycles. The Bertz CT molecular complexity index is 4340. The first-order valence-corrected chi connectivity index (χ1v) is 31.5. The van der Waals surface area contributed by atoms with Gasteiger partial charge in [0.15, 0.2) is 0 Å². The lowest BCUT2D eigenvalue weighted by Gasteiger charge is -2.14. The molecule has 0 saturated carbocycles. The normalized spacial score (nSPS) is 11.1. The van der Waals surface area contributed by atoms with Crippen LogP contribution < -0.4 is 19.5 Å². The highest BCUT2D eigenvalue weighted by atomic mass is 32.2. The Kier molecular flexibility index (Phi) is 22.2. The molecular weight excluding hydrogens is 1190 g/mol. The number of benzene rings is 9. The third-order valence-electron chi connectivity index (χ3n) is 13.5. The Morgan fingerprint density at radius 2 is 0.693 bits per heavy atom. The molecule has 7 N–H and O–H groups in total. The zero-order valence-electron chi connectivity index (χ0n) is 47.4. The Balaban J connectivity index is 0.000000189. The number of carbonyl (C=O) groups is 4. The van der Waals surface area contributed by atoms with Crippen LogP contribution in [0.15, 0.2) is 227 Å². The molecule has 0 fully saturated rings. The molecule has 0 atom stereocenters. The minimum atomic E-state index is -4.27. The number of nitrogens with one attached hydrogen (secondary N) is 4. The molecule has 0 aromatic heterocycles. The first kappa shape index (κ1) is 65.5. The molecule has 0 saturated heterocycles. The Labute approximate surface area is 508 Å². The maximum absolute atomic E-state index is 13.9. The van der Waals surface area contributed by atoms with Gasteiger partial charge in [0.25, 0.3) is 30.1 Å². The van der Waals surface area contributed by atoms with Crippen molar-refractivity contribution < 1.29 is 68.5 Å². The number of para-hydroxylation sites is 3. The summed E-state index contributed by atoms with van der Waals surface area (Å²) < 4.78 is 111. The topological polar surface area (TPSA) is 280 Å². The SMILES string of the molecule is CC(=O)Nc1ccc(S(=O)(=O)Nc2ccccc2CCc2ccccc2C(=O)O)cc1.Cc1ccc(S(=O)(=O)Nc2ccccc2CCc2ccccc2C(=O)O)cc1.O=C(O)c1ccccc1CCc1ccccc1NS(=O)(=O)c1ccc(F)cc1F. The van der Waals surface area contributed by atoms with E-state index in [4.69, 9.17) is 0 Å². The van der Waals surface area contributed by atoms with Gasteiger partial charge in [-0.15, -0.1) is 0 Å². The van der Waals surface area contributed by atoms with E-state index in [1.165, 1.54) is 43.3 Å². The van der Waals surface area contributed by atoms with E-state index in [-0.39, 0.29) is 38.1 Å². The highest BCUT2D eigenvalue weighted by molar-refractivity contribution is 7.93. The Morgan fingerprint density at radius 1 is 0.386 bits per heavy atom. The molecule has 88 heavy (non-hydrogen) atoms. The van der Waals surface area contributed by atoms with Gasteiger partial charge in [-0.2, -0.15) is 0 Å². The molecule has 0 radical (unpaired) electrons. The van der Waals surface area contributed by atoms with E-state index >= 15 is 0 Å². The number of aryl methyl sites for hydroxylation is 7. The third kappa shape index (κ3) is 18.2. The molecule has 0 unspecified atom stereocenters. The number of hydrogen-bond acceptors (Lipinski definition) is 10. The predicted octanol–water partition coefficient (Wildman–Crippen LogP) is 12.5. The zero-order valence-corrected chi connectivity index (χ0v) is 49.8. The number of carbonyl (C=O) groups excluding carboxylic acids is 1. The molecule has 0 heterocycles. The lowest BCUT2D eigenvalue weighted by Crippen LogP contribution is -2.16. The van der Waals surface area contributed by atoms with Gasteiger partial charge in [-0.25, -0.2) is 48.4 Å². The number of sulfonamides is 3. The van der Waals surface area contributed by atoms with Gasteiger partial charge >= 0.3 is 17.9 Å². The molecule has 0 aliphatic carbocycles. The Hall–Kier alpha value is -10.0. The minimum Gasteiger partial charge on any atom is -0.478 e. The van der Waals surface area contributed by atoms with Crippen LogP contribution in [0.25, 0.3) is 0 Å². The van der Waals surface area contributed by atoms with Crippen LogP contribution in [0.1, 0.15) is 76.9 Å². The van der Waals surface area contributed by atoms with E-state index in [0.717, 1.165) is 28.8 Å². The third-order valence-corrected chi connectivity index (χ3v) is 17.7. The van der Waals surface area contributed by atoms with Crippen molar-refractivity contribution in [3.8, 4) is 0 Å². The van der Waals surface area contributed by atoms with Gasteiger partial charge in [0.1, 0.15) is 16.5 Å². The quantitative estimate of drug-likeness (QED) is 0.0333. The van der Waals surface area contributed by atoms with Crippen molar-refractivity contribution in [1.82, 2.24) is 0 Å². The molecule has 0 spiro atoms. The van der Waals surface area contributed by atoms with Crippen molar-refractivity contribution in [3.05, 3.63) is 280 Å². The first-order valence-electron chi connectivity index (χ1n) is 27.1. The van der Waals surface area contributed by atoms with Gasteiger partial charge < -0.3 is 20.6 Å². The summed E-state index contributed by atoms with van der Waals surface area (Å²) in [4.78, 5) is 44.9. The molecular formula is C66H60F2N4O13S3. The average Bonchev–Trinajstić information content (AvgIpc) is 3.67. The highest BCUT2D eigenvalue weighted by Gasteiger charge is 2.23. The molecule has 9 aromatic rings. The van der Waals surface area contributed by atoms with Gasteiger partial charge in [0.05, 0.1) is 43.5 Å². The van der Waals surface area contributed by atoms with Crippen LogP contribution in [0.3, 0.4) is 0 Å². The second-order valence-electron chi connectivity index (χ2n) is 19.8. The van der Waals surface area contributed by atoms with E-state index in [1.54, 1.807) is 146 Å². The van der Waals surface area contributed by atoms with Crippen LogP contribution in [-0.4, -0.2) is 64.4 Å². The molecule has 0 aliphatic rings. The maximum atomic E-state index is 13.9. The van der Waals surface area contributed by atoms with Crippen LogP contribution >= 0.6 is 0 Å². The van der Waals surface area contributed by atoms with E-state index in [1.807, 2.05) is 19.1 Å². The summed E-state index contributed by atoms with van der Waals surface area (Å²) in [6, 6.07) is 55.6. The minimum absolute atomic E-state index is 0.0626. The number of rotatable bonds is 22. The zero-order chi connectivity index (χ0) is 63.6. The molecule has 9 aromatic carbocycles. The van der Waals surface area contributed by atoms with Gasteiger partial charge in [-0.3, -0.25) is 19.0 Å². The molecule has 0 bridgehead atoms. The summed E-state index contributed by atoms with van der Waals surface area (Å²) in [5, 5.41) is 30.6. The van der Waals surface area contributed by atoms with Crippen molar-refractivity contribution in [2.24, 2.45) is 0 Å². The number of hydrogen-bond donors (Lipinski definition) is 7. The van der Waals surface area contributed by atoms with Crippen LogP contribution in [0.2, 0.25) is 0 Å². The van der Waals surface area contributed by atoms with Crippen molar-refractivity contribution in [2.75, 3.05) is 19.5 Å². The summed E-state index contributed by atoms with van der Waals surface area (Å²) in [6.45, 7) is 3.27. The van der Waals surface area contributed by atoms with Crippen LogP contribution in [-0.2, 0) is 73.4 Å². The maximum Gasteiger partial charge on any atom is 0.335 e. The van der Waals surface area contributed by atoms with Crippen molar-refractivity contribution in [1.29, 1.82) is 0 Å². The number of anilines is 4. The van der Waals surface area contributed by atoms with E-state index < -0.39 is 64.5 Å². The summed E-state index contributed by atoms with van der Waals surface area (Å²) in [5.41, 5.74) is 7.51. The fraction of sp³-hybridized carbons (Fsp3) is 0.121. The summed E-state index contributed by atoms with van der Waals surface area (Å²) in [6.07, 6.45) is 2.64. The van der Waals surface area contributed by atoms with Crippen molar-refractivity contribution in [3.63, 3.8) is 0 Å². The summed E-state index contributed by atoms with van der Waals surface area (Å²) >= 11 is 0. The Morgan fingerprint density at radius 3 is 1.03 bits per heavy atom. The monoisotopic (exact) mass is 1250 g/mol. The first-order chi connectivity index (χ1) is 41.9. The molecule has 1 amide bonds. The van der Waals surface area contributed by atoms with Crippen LogP contribution in [0.5, 0.6) is 0 Å². The van der Waals surface area contributed by atoms with Crippen molar-refractivity contribution in [2.45, 2.75) is 67.1 Å². The smallest absolute Gasteiger partial charge is 0.335 e. The second kappa shape index (κ2) is 29.9. The van der Waals surface area contributed by atoms with E-state index in [9.17, 15) is 68.5 Å². The second-order valence-corrected chi connectivity index (χ2v) is 24.8.